The van der Waals surface area contributed by atoms with Crippen LogP contribution in [0.2, 0.25) is 0 Å². The van der Waals surface area contributed by atoms with E-state index in [2.05, 4.69) is 11.6 Å². The third-order valence-electron chi connectivity index (χ3n) is 3.97. The first-order valence-electron chi connectivity index (χ1n) is 6.95. The van der Waals surface area contributed by atoms with E-state index in [-0.39, 0.29) is 23.0 Å². The van der Waals surface area contributed by atoms with Gasteiger partial charge in [-0.05, 0) is 37.0 Å². The van der Waals surface area contributed by atoms with Crippen LogP contribution in [0, 0.1) is 11.7 Å². The van der Waals surface area contributed by atoms with Crippen molar-refractivity contribution in [3.63, 3.8) is 0 Å². The molecule has 0 aliphatic heterocycles. The number of nitrogens with two attached hydrogens (primary N) is 1. The van der Waals surface area contributed by atoms with Gasteiger partial charge in [0.2, 0.25) is 10.0 Å². The molecule has 0 spiro atoms. The second-order valence-corrected chi connectivity index (χ2v) is 7.16. The van der Waals surface area contributed by atoms with Gasteiger partial charge in [0.15, 0.2) is 0 Å². The fourth-order valence-electron chi connectivity index (χ4n) is 2.63. The molecule has 20 heavy (non-hydrogen) atoms. The van der Waals surface area contributed by atoms with Gasteiger partial charge in [-0.1, -0.05) is 19.8 Å². The van der Waals surface area contributed by atoms with Crippen LogP contribution in [0.3, 0.4) is 0 Å². The van der Waals surface area contributed by atoms with Gasteiger partial charge in [-0.2, -0.15) is 0 Å². The summed E-state index contributed by atoms with van der Waals surface area (Å²) in [5.74, 6) is -0.148. The standard InChI is InChI=1S/C14H21FN2O2S/c1-10-4-2-3-5-14(10)17-20(18,19)12-6-7-13(15)11(8-12)9-16/h6-8,10,14,17H,2-5,9,16H2,1H3. The van der Waals surface area contributed by atoms with Crippen LogP contribution in [0.4, 0.5) is 4.39 Å². The predicted molar refractivity (Wildman–Crippen MR) is 76.0 cm³/mol. The molecule has 1 fully saturated rings. The summed E-state index contributed by atoms with van der Waals surface area (Å²) in [6.07, 6.45) is 4.07. The van der Waals surface area contributed by atoms with E-state index in [1.807, 2.05) is 0 Å². The Morgan fingerprint density at radius 3 is 2.70 bits per heavy atom. The first-order chi connectivity index (χ1) is 9.44. The first kappa shape index (κ1) is 15.4. The van der Waals surface area contributed by atoms with Gasteiger partial charge in [0.1, 0.15) is 5.82 Å². The van der Waals surface area contributed by atoms with E-state index in [1.165, 1.54) is 12.1 Å². The summed E-state index contributed by atoms with van der Waals surface area (Å²) in [7, 11) is -3.61. The van der Waals surface area contributed by atoms with Crippen molar-refractivity contribution in [1.29, 1.82) is 0 Å². The van der Waals surface area contributed by atoms with E-state index in [0.717, 1.165) is 31.7 Å². The first-order valence-corrected chi connectivity index (χ1v) is 8.43. The van der Waals surface area contributed by atoms with Crippen LogP contribution < -0.4 is 10.5 Å². The Bertz CT molecular complexity index is 575. The maximum Gasteiger partial charge on any atom is 0.240 e. The van der Waals surface area contributed by atoms with E-state index in [1.54, 1.807) is 0 Å². The van der Waals surface area contributed by atoms with Gasteiger partial charge in [-0.15, -0.1) is 0 Å². The van der Waals surface area contributed by atoms with Gasteiger partial charge in [0.25, 0.3) is 0 Å². The maximum absolute atomic E-state index is 13.4. The van der Waals surface area contributed by atoms with Crippen molar-refractivity contribution < 1.29 is 12.8 Å². The molecule has 6 heteroatoms. The van der Waals surface area contributed by atoms with Gasteiger partial charge in [-0.3, -0.25) is 0 Å². The summed E-state index contributed by atoms with van der Waals surface area (Å²) < 4.78 is 40.8. The fraction of sp³-hybridized carbons (Fsp3) is 0.571. The van der Waals surface area contributed by atoms with Crippen LogP contribution in [0.5, 0.6) is 0 Å². The highest BCUT2D eigenvalue weighted by Gasteiger charge is 2.27. The zero-order chi connectivity index (χ0) is 14.8. The normalized spacial score (nSPS) is 23.8. The molecule has 1 aliphatic rings. The molecule has 1 aromatic carbocycles. The zero-order valence-electron chi connectivity index (χ0n) is 11.6. The molecule has 0 amide bonds. The molecular formula is C14H21FN2O2S. The smallest absolute Gasteiger partial charge is 0.240 e. The van der Waals surface area contributed by atoms with Crippen molar-refractivity contribution in [2.75, 3.05) is 0 Å². The van der Waals surface area contributed by atoms with Crippen LogP contribution in [-0.4, -0.2) is 14.5 Å². The van der Waals surface area contributed by atoms with E-state index in [4.69, 9.17) is 5.73 Å². The Labute approximate surface area is 119 Å². The lowest BCUT2D eigenvalue weighted by Crippen LogP contribution is -2.41. The Morgan fingerprint density at radius 1 is 1.35 bits per heavy atom. The number of nitrogens with one attached hydrogen (secondary N) is 1. The fourth-order valence-corrected chi connectivity index (χ4v) is 4.06. The second-order valence-electron chi connectivity index (χ2n) is 5.45. The summed E-state index contributed by atoms with van der Waals surface area (Å²) >= 11 is 0. The van der Waals surface area contributed by atoms with E-state index >= 15 is 0 Å². The molecule has 1 aromatic rings. The Morgan fingerprint density at radius 2 is 2.05 bits per heavy atom. The minimum Gasteiger partial charge on any atom is -0.326 e. The van der Waals surface area contributed by atoms with Gasteiger partial charge >= 0.3 is 0 Å². The van der Waals surface area contributed by atoms with Crippen LogP contribution in [0.1, 0.15) is 38.2 Å². The number of hydrogen-bond acceptors (Lipinski definition) is 3. The van der Waals surface area contributed by atoms with E-state index in [0.29, 0.717) is 5.92 Å². The molecule has 2 unspecified atom stereocenters. The summed E-state index contributed by atoms with van der Waals surface area (Å²) in [5, 5.41) is 0. The highest BCUT2D eigenvalue weighted by Crippen LogP contribution is 2.25. The third-order valence-corrected chi connectivity index (χ3v) is 5.45. The number of halogens is 1. The highest BCUT2D eigenvalue weighted by molar-refractivity contribution is 7.89. The Hall–Kier alpha value is -0.980. The van der Waals surface area contributed by atoms with Crippen molar-refractivity contribution in [2.45, 2.75) is 50.1 Å². The molecule has 0 radical (unpaired) electrons. The average molecular weight is 300 g/mol. The van der Waals surface area contributed by atoms with Gasteiger partial charge < -0.3 is 5.73 Å². The Balaban J connectivity index is 2.21. The SMILES string of the molecule is CC1CCCCC1NS(=O)(=O)c1ccc(F)c(CN)c1. The highest BCUT2D eigenvalue weighted by atomic mass is 32.2. The van der Waals surface area contributed by atoms with E-state index in [9.17, 15) is 12.8 Å². The molecule has 2 atom stereocenters. The molecular weight excluding hydrogens is 279 g/mol. The number of sulfonamides is 1. The number of hydrogen-bond donors (Lipinski definition) is 2. The predicted octanol–water partition coefficient (Wildman–Crippen LogP) is 2.14. The quantitative estimate of drug-likeness (QED) is 0.895. The molecule has 1 aliphatic carbocycles. The summed E-state index contributed by atoms with van der Waals surface area (Å²) in [6, 6.07) is 3.71. The van der Waals surface area contributed by atoms with Gasteiger partial charge in [0, 0.05) is 18.2 Å². The minimum absolute atomic E-state index is 0.0188. The number of rotatable bonds is 4. The molecule has 112 valence electrons. The van der Waals surface area contributed by atoms with Crippen LogP contribution >= 0.6 is 0 Å². The molecule has 2 rings (SSSR count). The Kier molecular flexibility index (Phi) is 4.78. The molecule has 0 saturated heterocycles. The van der Waals surface area contributed by atoms with E-state index < -0.39 is 15.8 Å². The van der Waals surface area contributed by atoms with Gasteiger partial charge in [-0.25, -0.2) is 17.5 Å². The lowest BCUT2D eigenvalue weighted by Gasteiger charge is -2.29. The lowest BCUT2D eigenvalue weighted by atomic mass is 9.87. The summed E-state index contributed by atoms with van der Waals surface area (Å²) in [4.78, 5) is 0.0807. The molecule has 1 saturated carbocycles. The average Bonchev–Trinajstić information content (AvgIpc) is 2.41. The summed E-state index contributed by atoms with van der Waals surface area (Å²) in [6.45, 7) is 2.04. The number of benzene rings is 1. The van der Waals surface area contributed by atoms with Crippen molar-refractivity contribution in [2.24, 2.45) is 11.7 Å². The van der Waals surface area contributed by atoms with Crippen LogP contribution in [0.25, 0.3) is 0 Å². The lowest BCUT2D eigenvalue weighted by molar-refractivity contribution is 0.310. The largest absolute Gasteiger partial charge is 0.326 e. The topological polar surface area (TPSA) is 72.2 Å². The molecule has 0 heterocycles. The van der Waals surface area contributed by atoms with Crippen LogP contribution in [0.15, 0.2) is 23.1 Å². The molecule has 4 nitrogen and oxygen atoms in total. The minimum atomic E-state index is -3.61. The third kappa shape index (κ3) is 3.37. The maximum atomic E-state index is 13.4. The second kappa shape index (κ2) is 6.20. The van der Waals surface area contributed by atoms with Crippen molar-refractivity contribution in [3.8, 4) is 0 Å². The van der Waals surface area contributed by atoms with Crippen molar-refractivity contribution in [3.05, 3.63) is 29.6 Å². The van der Waals surface area contributed by atoms with Crippen molar-refractivity contribution >= 4 is 10.0 Å². The van der Waals surface area contributed by atoms with Crippen molar-refractivity contribution in [1.82, 2.24) is 4.72 Å². The molecule has 0 aromatic heterocycles. The zero-order valence-corrected chi connectivity index (χ0v) is 12.4. The summed E-state index contributed by atoms with van der Waals surface area (Å²) in [5.41, 5.74) is 5.63. The monoisotopic (exact) mass is 300 g/mol. The van der Waals surface area contributed by atoms with Gasteiger partial charge in [0.05, 0.1) is 4.90 Å². The van der Waals surface area contributed by atoms with Crippen LogP contribution in [-0.2, 0) is 16.6 Å². The molecule has 0 bridgehead atoms. The molecule has 3 N–H and O–H groups in total.